The molecule has 0 aliphatic heterocycles. The fourth-order valence-corrected chi connectivity index (χ4v) is 3.39. The van der Waals surface area contributed by atoms with E-state index in [2.05, 4.69) is 64.8 Å². The van der Waals surface area contributed by atoms with Gasteiger partial charge in [0, 0.05) is 37.5 Å². The molecule has 2 nitrogen and oxygen atoms in total. The Bertz CT molecular complexity index is 1190. The summed E-state index contributed by atoms with van der Waals surface area (Å²) >= 11 is 0. The Morgan fingerprint density at radius 1 is 0.957 bits per heavy atom. The number of nitrogens with zero attached hydrogens (tertiary/aromatic N) is 2. The van der Waals surface area contributed by atoms with E-state index in [4.69, 9.17) is 0 Å². The van der Waals surface area contributed by atoms with Crippen LogP contribution in [-0.4, -0.2) is 9.38 Å². The van der Waals surface area contributed by atoms with Gasteiger partial charge < -0.3 is 4.40 Å². The van der Waals surface area contributed by atoms with Crippen LogP contribution in [0.5, 0.6) is 0 Å². The monoisotopic (exact) mass is 474 g/mol. The van der Waals surface area contributed by atoms with Crippen LogP contribution < -0.4 is 0 Å². The van der Waals surface area contributed by atoms with E-state index in [-0.39, 0.29) is 20.1 Å². The van der Waals surface area contributed by atoms with Gasteiger partial charge in [0.05, 0.1) is 5.65 Å². The van der Waals surface area contributed by atoms with E-state index in [0.29, 0.717) is 0 Å². The number of benzene rings is 3. The predicted molar refractivity (Wildman–Crippen MR) is 91.3 cm³/mol. The maximum atomic E-state index is 4.61. The van der Waals surface area contributed by atoms with Crippen molar-refractivity contribution in [2.75, 3.05) is 0 Å². The minimum atomic E-state index is 0. The molecule has 0 aliphatic carbocycles. The Labute approximate surface area is 147 Å². The van der Waals surface area contributed by atoms with Gasteiger partial charge in [-0.3, -0.25) is 4.98 Å². The molecule has 0 spiro atoms. The summed E-state index contributed by atoms with van der Waals surface area (Å²) in [6.07, 6.45) is 1.93. The summed E-state index contributed by atoms with van der Waals surface area (Å²) in [5.41, 5.74) is 3.33. The largest absolute Gasteiger partial charge is 0.338 e. The summed E-state index contributed by atoms with van der Waals surface area (Å²) in [4.78, 5) is 4.61. The molecule has 23 heavy (non-hydrogen) atoms. The number of rotatable bonds is 0. The topological polar surface area (TPSA) is 17.3 Å². The first-order chi connectivity index (χ1) is 10.8. The third kappa shape index (κ3) is 1.94. The van der Waals surface area contributed by atoms with E-state index in [9.17, 15) is 0 Å². The van der Waals surface area contributed by atoms with Crippen molar-refractivity contribution in [1.82, 2.24) is 9.38 Å². The molecule has 3 aromatic carbocycles. The van der Waals surface area contributed by atoms with Gasteiger partial charge in [0.25, 0.3) is 0 Å². The third-order valence-corrected chi connectivity index (χ3v) is 4.41. The molecule has 0 aliphatic rings. The molecule has 2 heterocycles. The summed E-state index contributed by atoms with van der Waals surface area (Å²) in [6.45, 7) is 2.10. The van der Waals surface area contributed by atoms with Crippen molar-refractivity contribution in [1.29, 1.82) is 0 Å². The number of aryl methyl sites for hydroxylation is 1. The molecule has 3 heteroatoms. The van der Waals surface area contributed by atoms with Crippen LogP contribution in [-0.2, 0) is 20.1 Å². The summed E-state index contributed by atoms with van der Waals surface area (Å²) in [6, 6.07) is 22.6. The first kappa shape index (κ1) is 14.4. The van der Waals surface area contributed by atoms with Gasteiger partial charge in [-0.1, -0.05) is 35.7 Å². The molecule has 0 bridgehead atoms. The van der Waals surface area contributed by atoms with Gasteiger partial charge in [0.15, 0.2) is 0 Å². The SMILES string of the molecule is Cc1cnc2c3[c-]cccc3c3cc4ccccc4cc3n12.[Ir]. The van der Waals surface area contributed by atoms with Crippen molar-refractivity contribution in [3.63, 3.8) is 0 Å². The van der Waals surface area contributed by atoms with E-state index in [1.165, 1.54) is 27.1 Å². The summed E-state index contributed by atoms with van der Waals surface area (Å²) < 4.78 is 2.24. The first-order valence-corrected chi connectivity index (χ1v) is 7.42. The number of hydrogen-bond donors (Lipinski definition) is 0. The zero-order valence-electron chi connectivity index (χ0n) is 12.5. The maximum Gasteiger partial charge on any atom is 0.0610 e. The van der Waals surface area contributed by atoms with Crippen LogP contribution in [0, 0.1) is 13.0 Å². The molecule has 0 amide bonds. The van der Waals surface area contributed by atoms with E-state index < -0.39 is 0 Å². The number of pyridine rings is 1. The Balaban J connectivity index is 0.00000135. The van der Waals surface area contributed by atoms with Crippen molar-refractivity contribution < 1.29 is 20.1 Å². The number of hydrogen-bond acceptors (Lipinski definition) is 1. The normalized spacial score (nSPS) is 11.3. The molecule has 5 aromatic rings. The quantitative estimate of drug-likeness (QED) is 0.178. The molecule has 0 fully saturated rings. The van der Waals surface area contributed by atoms with Crippen LogP contribution in [0.4, 0.5) is 0 Å². The standard InChI is InChI=1S/C20H13N2.Ir/c1-13-12-21-20-17-9-5-4-8-16(17)18-10-14-6-2-3-7-15(14)11-19(18)22(13)20;/h2-8,10-12H,1H3;/q-1;. The maximum absolute atomic E-state index is 4.61. The summed E-state index contributed by atoms with van der Waals surface area (Å²) in [5.74, 6) is 0. The first-order valence-electron chi connectivity index (χ1n) is 7.42. The fourth-order valence-electron chi connectivity index (χ4n) is 3.39. The third-order valence-electron chi connectivity index (χ3n) is 4.41. The fraction of sp³-hybridized carbons (Fsp3) is 0.0500. The number of aromatic nitrogens is 2. The van der Waals surface area contributed by atoms with Crippen LogP contribution in [0.25, 0.3) is 38.1 Å². The van der Waals surface area contributed by atoms with Crippen molar-refractivity contribution in [3.05, 3.63) is 72.6 Å². The van der Waals surface area contributed by atoms with E-state index in [0.717, 1.165) is 16.7 Å². The zero-order chi connectivity index (χ0) is 14.7. The Hall–Kier alpha value is -2.22. The average Bonchev–Trinajstić information content (AvgIpc) is 2.96. The van der Waals surface area contributed by atoms with Crippen molar-refractivity contribution in [2.24, 2.45) is 0 Å². The van der Waals surface area contributed by atoms with Gasteiger partial charge in [-0.25, -0.2) is 0 Å². The Kier molecular flexibility index (Phi) is 3.22. The second-order valence-corrected chi connectivity index (χ2v) is 5.73. The molecule has 0 N–H and O–H groups in total. The minimum absolute atomic E-state index is 0. The van der Waals surface area contributed by atoms with Crippen LogP contribution >= 0.6 is 0 Å². The van der Waals surface area contributed by atoms with E-state index >= 15 is 0 Å². The summed E-state index contributed by atoms with van der Waals surface area (Å²) in [5, 5.41) is 6.06. The van der Waals surface area contributed by atoms with Crippen LogP contribution in [0.15, 0.2) is 60.8 Å². The minimum Gasteiger partial charge on any atom is -0.338 e. The second-order valence-electron chi connectivity index (χ2n) is 5.73. The average molecular weight is 474 g/mol. The van der Waals surface area contributed by atoms with E-state index in [1.807, 2.05) is 18.3 Å². The van der Waals surface area contributed by atoms with Crippen molar-refractivity contribution >= 4 is 38.1 Å². The predicted octanol–water partition coefficient (Wildman–Crippen LogP) is 4.90. The molecule has 113 valence electrons. The van der Waals surface area contributed by atoms with Gasteiger partial charge in [-0.2, -0.15) is 0 Å². The molecular weight excluding hydrogens is 460 g/mol. The Morgan fingerprint density at radius 2 is 1.74 bits per heavy atom. The molecule has 0 unspecified atom stereocenters. The molecule has 0 saturated carbocycles. The zero-order valence-corrected chi connectivity index (χ0v) is 14.9. The number of imidazole rings is 1. The molecular formula is C20H13IrN2-. The van der Waals surface area contributed by atoms with Crippen LogP contribution in [0.1, 0.15) is 5.69 Å². The van der Waals surface area contributed by atoms with Crippen molar-refractivity contribution in [3.8, 4) is 0 Å². The Morgan fingerprint density at radius 3 is 2.57 bits per heavy atom. The van der Waals surface area contributed by atoms with E-state index in [1.54, 1.807) is 0 Å². The molecule has 1 radical (unpaired) electrons. The molecule has 0 saturated heterocycles. The van der Waals surface area contributed by atoms with Crippen LogP contribution in [0.2, 0.25) is 0 Å². The van der Waals surface area contributed by atoms with Gasteiger partial charge in [-0.15, -0.1) is 29.7 Å². The van der Waals surface area contributed by atoms with Crippen molar-refractivity contribution in [2.45, 2.75) is 6.92 Å². The second kappa shape index (κ2) is 5.16. The smallest absolute Gasteiger partial charge is 0.0610 e. The van der Waals surface area contributed by atoms with Gasteiger partial charge >= 0.3 is 0 Å². The van der Waals surface area contributed by atoms with Gasteiger partial charge in [0.1, 0.15) is 0 Å². The van der Waals surface area contributed by atoms with Gasteiger partial charge in [0.2, 0.25) is 0 Å². The van der Waals surface area contributed by atoms with Crippen LogP contribution in [0.3, 0.4) is 0 Å². The molecule has 0 atom stereocenters. The molecule has 2 aromatic heterocycles. The van der Waals surface area contributed by atoms with Gasteiger partial charge in [-0.05, 0) is 29.1 Å². The summed E-state index contributed by atoms with van der Waals surface area (Å²) in [7, 11) is 0. The molecule has 5 rings (SSSR count). The number of fused-ring (bicyclic) bond motifs is 7.